The van der Waals surface area contributed by atoms with E-state index in [9.17, 15) is 4.79 Å². The number of amides is 1. The highest BCUT2D eigenvalue weighted by Crippen LogP contribution is 2.23. The molecule has 0 spiro atoms. The van der Waals surface area contributed by atoms with Crippen LogP contribution in [0.3, 0.4) is 0 Å². The van der Waals surface area contributed by atoms with Gasteiger partial charge in [-0.05, 0) is 54.8 Å². The molecule has 2 aromatic carbocycles. The summed E-state index contributed by atoms with van der Waals surface area (Å²) >= 11 is 12.0. The average Bonchev–Trinajstić information content (AvgIpc) is 3.16. The van der Waals surface area contributed by atoms with Gasteiger partial charge in [0.2, 0.25) is 0 Å². The first-order valence-corrected chi connectivity index (χ1v) is 9.32. The maximum atomic E-state index is 12.6. The van der Waals surface area contributed by atoms with Crippen LogP contribution in [0.25, 0.3) is 0 Å². The van der Waals surface area contributed by atoms with Crippen LogP contribution in [-0.2, 0) is 11.3 Å². The van der Waals surface area contributed by atoms with Crippen molar-refractivity contribution in [2.24, 2.45) is 0 Å². The number of hydrogen-bond donors (Lipinski definition) is 0. The second-order valence-electron chi connectivity index (χ2n) is 6.38. The Hall–Kier alpha value is -1.75. The third-order valence-electron chi connectivity index (χ3n) is 4.31. The van der Waals surface area contributed by atoms with Crippen molar-refractivity contribution < 1.29 is 14.3 Å². The van der Waals surface area contributed by atoms with Crippen molar-refractivity contribution in [2.75, 3.05) is 20.3 Å². The molecule has 0 bridgehead atoms. The Kier molecular flexibility index (Phi) is 6.41. The van der Waals surface area contributed by atoms with Gasteiger partial charge in [0.15, 0.2) is 0 Å². The number of carbonyl (C=O) groups is 1. The van der Waals surface area contributed by atoms with Gasteiger partial charge >= 0.3 is 0 Å². The van der Waals surface area contributed by atoms with E-state index in [2.05, 4.69) is 0 Å². The highest BCUT2D eigenvalue weighted by Gasteiger charge is 2.16. The van der Waals surface area contributed by atoms with Crippen LogP contribution in [0.1, 0.15) is 28.8 Å². The van der Waals surface area contributed by atoms with E-state index in [4.69, 9.17) is 32.7 Å². The first kappa shape index (κ1) is 19.0. The first-order chi connectivity index (χ1) is 12.5. The minimum Gasteiger partial charge on any atom is -0.491 e. The molecule has 138 valence electrons. The SMILES string of the molecule is CN(Cc1ccc(Cl)c(Cl)c1)C(=O)c1ccc(OCC2CCCO2)cc1. The molecule has 26 heavy (non-hydrogen) atoms. The van der Waals surface area contributed by atoms with Crippen molar-refractivity contribution in [3.63, 3.8) is 0 Å². The van der Waals surface area contributed by atoms with Gasteiger partial charge < -0.3 is 14.4 Å². The molecule has 6 heteroatoms. The Morgan fingerprint density at radius 2 is 1.96 bits per heavy atom. The van der Waals surface area contributed by atoms with Crippen LogP contribution in [0.15, 0.2) is 42.5 Å². The topological polar surface area (TPSA) is 38.8 Å². The maximum Gasteiger partial charge on any atom is 0.253 e. The van der Waals surface area contributed by atoms with Crippen LogP contribution >= 0.6 is 23.2 Å². The van der Waals surface area contributed by atoms with Crippen molar-refractivity contribution in [1.82, 2.24) is 4.90 Å². The Morgan fingerprint density at radius 1 is 1.19 bits per heavy atom. The van der Waals surface area contributed by atoms with E-state index in [1.165, 1.54) is 0 Å². The first-order valence-electron chi connectivity index (χ1n) is 8.57. The Bertz CT molecular complexity index is 758. The van der Waals surface area contributed by atoms with Crippen LogP contribution in [0.2, 0.25) is 10.0 Å². The summed E-state index contributed by atoms with van der Waals surface area (Å²) in [4.78, 5) is 14.2. The number of rotatable bonds is 6. The van der Waals surface area contributed by atoms with Gasteiger partial charge in [-0.3, -0.25) is 4.79 Å². The van der Waals surface area contributed by atoms with Gasteiger partial charge in [-0.1, -0.05) is 29.3 Å². The van der Waals surface area contributed by atoms with E-state index in [0.29, 0.717) is 28.8 Å². The largest absolute Gasteiger partial charge is 0.491 e. The van der Waals surface area contributed by atoms with Gasteiger partial charge in [0.1, 0.15) is 12.4 Å². The zero-order chi connectivity index (χ0) is 18.5. The Balaban J connectivity index is 1.56. The number of halogens is 2. The lowest BCUT2D eigenvalue weighted by Crippen LogP contribution is -2.26. The van der Waals surface area contributed by atoms with E-state index in [-0.39, 0.29) is 12.0 Å². The van der Waals surface area contributed by atoms with E-state index >= 15 is 0 Å². The molecule has 1 heterocycles. The third-order valence-corrected chi connectivity index (χ3v) is 5.05. The lowest BCUT2D eigenvalue weighted by molar-refractivity contribution is 0.0679. The van der Waals surface area contributed by atoms with E-state index in [0.717, 1.165) is 30.8 Å². The van der Waals surface area contributed by atoms with E-state index < -0.39 is 0 Å². The fraction of sp³-hybridized carbons (Fsp3) is 0.350. The number of hydrogen-bond acceptors (Lipinski definition) is 3. The van der Waals surface area contributed by atoms with Crippen LogP contribution in [0, 0.1) is 0 Å². The highest BCUT2D eigenvalue weighted by molar-refractivity contribution is 6.42. The molecule has 2 aromatic rings. The van der Waals surface area contributed by atoms with E-state index in [1.807, 2.05) is 18.2 Å². The highest BCUT2D eigenvalue weighted by atomic mass is 35.5. The summed E-state index contributed by atoms with van der Waals surface area (Å²) in [6.07, 6.45) is 2.30. The molecule has 0 radical (unpaired) electrons. The molecule has 3 rings (SSSR count). The lowest BCUT2D eigenvalue weighted by atomic mass is 10.1. The molecular formula is C20H21Cl2NO3. The van der Waals surface area contributed by atoms with Crippen molar-refractivity contribution in [3.05, 3.63) is 63.6 Å². The minimum absolute atomic E-state index is 0.0678. The summed E-state index contributed by atoms with van der Waals surface area (Å²) in [6, 6.07) is 12.6. The molecule has 0 saturated carbocycles. The van der Waals surface area contributed by atoms with Crippen molar-refractivity contribution in [1.29, 1.82) is 0 Å². The molecule has 0 aliphatic carbocycles. The van der Waals surface area contributed by atoms with Gasteiger partial charge in [0.05, 0.1) is 16.1 Å². The maximum absolute atomic E-state index is 12.6. The molecule has 1 fully saturated rings. The van der Waals surface area contributed by atoms with E-state index in [1.54, 1.807) is 36.2 Å². The van der Waals surface area contributed by atoms with Gasteiger partial charge in [0, 0.05) is 25.8 Å². The summed E-state index contributed by atoms with van der Waals surface area (Å²) in [5.41, 5.74) is 1.53. The molecule has 1 unspecified atom stereocenters. The van der Waals surface area contributed by atoms with Crippen LogP contribution < -0.4 is 4.74 Å². The van der Waals surface area contributed by atoms with Crippen LogP contribution in [0.5, 0.6) is 5.75 Å². The van der Waals surface area contributed by atoms with Crippen molar-refractivity contribution in [3.8, 4) is 5.75 Å². The summed E-state index contributed by atoms with van der Waals surface area (Å²) < 4.78 is 11.3. The number of carbonyl (C=O) groups excluding carboxylic acids is 1. The van der Waals surface area contributed by atoms with Gasteiger partial charge in [0.25, 0.3) is 5.91 Å². The second kappa shape index (κ2) is 8.76. The zero-order valence-corrected chi connectivity index (χ0v) is 16.1. The zero-order valence-electron chi connectivity index (χ0n) is 14.6. The molecule has 1 atom stereocenters. The van der Waals surface area contributed by atoms with Crippen LogP contribution in [-0.4, -0.2) is 37.2 Å². The van der Waals surface area contributed by atoms with Gasteiger partial charge in [-0.15, -0.1) is 0 Å². The number of ether oxygens (including phenoxy) is 2. The monoisotopic (exact) mass is 393 g/mol. The average molecular weight is 394 g/mol. The Labute approximate surface area is 163 Å². The van der Waals surface area contributed by atoms with Crippen molar-refractivity contribution in [2.45, 2.75) is 25.5 Å². The fourth-order valence-corrected chi connectivity index (χ4v) is 3.18. The molecule has 0 aromatic heterocycles. The normalized spacial score (nSPS) is 16.5. The molecule has 4 nitrogen and oxygen atoms in total. The molecule has 1 aliphatic rings. The molecule has 1 amide bonds. The summed E-state index contributed by atoms with van der Waals surface area (Å²) in [7, 11) is 1.76. The third kappa shape index (κ3) is 4.91. The standard InChI is InChI=1S/C20H21Cl2NO3/c1-23(12-14-4-9-18(21)19(22)11-14)20(24)15-5-7-16(8-6-15)26-13-17-3-2-10-25-17/h4-9,11,17H,2-3,10,12-13H2,1H3. The lowest BCUT2D eigenvalue weighted by Gasteiger charge is -2.18. The molecular weight excluding hydrogens is 373 g/mol. The quantitative estimate of drug-likeness (QED) is 0.705. The number of benzene rings is 2. The Morgan fingerprint density at radius 3 is 2.62 bits per heavy atom. The second-order valence-corrected chi connectivity index (χ2v) is 7.19. The summed E-state index contributed by atoms with van der Waals surface area (Å²) in [5, 5.41) is 0.987. The van der Waals surface area contributed by atoms with Gasteiger partial charge in [-0.2, -0.15) is 0 Å². The summed E-state index contributed by atoms with van der Waals surface area (Å²) in [6.45, 7) is 1.81. The predicted molar refractivity (Wildman–Crippen MR) is 103 cm³/mol. The van der Waals surface area contributed by atoms with Crippen LogP contribution in [0.4, 0.5) is 0 Å². The summed E-state index contributed by atoms with van der Waals surface area (Å²) in [5.74, 6) is 0.672. The smallest absolute Gasteiger partial charge is 0.253 e. The van der Waals surface area contributed by atoms with Crippen molar-refractivity contribution >= 4 is 29.1 Å². The fourth-order valence-electron chi connectivity index (χ4n) is 2.86. The minimum atomic E-state index is -0.0678. The molecule has 1 saturated heterocycles. The predicted octanol–water partition coefficient (Wildman–Crippen LogP) is 4.82. The molecule has 1 aliphatic heterocycles. The molecule has 0 N–H and O–H groups in total. The number of nitrogens with zero attached hydrogens (tertiary/aromatic N) is 1. The van der Waals surface area contributed by atoms with Gasteiger partial charge in [-0.25, -0.2) is 0 Å².